The summed E-state index contributed by atoms with van der Waals surface area (Å²) in [5.41, 5.74) is 6.61. The number of thiophene rings is 1. The molecule has 2 N–H and O–H groups in total. The molecule has 1 saturated heterocycles. The Morgan fingerprint density at radius 2 is 2.28 bits per heavy atom. The molecule has 1 aliphatic heterocycles. The molecule has 2 fully saturated rings. The lowest BCUT2D eigenvalue weighted by atomic mass is 10.1. The van der Waals surface area contributed by atoms with Gasteiger partial charge in [0.2, 0.25) is 0 Å². The summed E-state index contributed by atoms with van der Waals surface area (Å²) in [7, 11) is -3.29. The van der Waals surface area contributed by atoms with Crippen molar-refractivity contribution in [2.75, 3.05) is 6.54 Å². The normalized spacial score (nSPS) is 28.1. The molecule has 1 aromatic heterocycles. The fourth-order valence-corrected chi connectivity index (χ4v) is 6.45. The molecule has 3 rings (SSSR count). The third-order valence-electron chi connectivity index (χ3n) is 4.11. The van der Waals surface area contributed by atoms with Crippen LogP contribution >= 0.6 is 11.3 Å². The molecule has 0 spiro atoms. The first-order chi connectivity index (χ1) is 8.52. The zero-order chi connectivity index (χ0) is 12.9. The molecule has 18 heavy (non-hydrogen) atoms. The molecule has 1 saturated carbocycles. The lowest BCUT2D eigenvalue weighted by molar-refractivity contribution is 0.334. The van der Waals surface area contributed by atoms with Gasteiger partial charge in [-0.3, -0.25) is 0 Å². The van der Waals surface area contributed by atoms with Crippen molar-refractivity contribution >= 4 is 21.4 Å². The number of sulfonamides is 1. The lowest BCUT2D eigenvalue weighted by Gasteiger charge is -2.25. The van der Waals surface area contributed by atoms with Crippen LogP contribution in [0.3, 0.4) is 0 Å². The molecule has 6 heteroatoms. The minimum absolute atomic E-state index is 0.240. The van der Waals surface area contributed by atoms with Crippen LogP contribution in [0.5, 0.6) is 0 Å². The lowest BCUT2D eigenvalue weighted by Crippen LogP contribution is -2.37. The Kier molecular flexibility index (Phi) is 3.01. The number of hydrogen-bond acceptors (Lipinski definition) is 4. The first-order valence-electron chi connectivity index (χ1n) is 6.33. The first kappa shape index (κ1) is 12.6. The standard InChI is InChI=1S/C12H18N2O2S2/c1-8-4-12(17-11(8)6-13)18(15,16)14-7-9-2-3-10(14)5-9/h4,9-10H,2-3,5-7,13H2,1H3. The van der Waals surface area contributed by atoms with E-state index in [1.54, 1.807) is 10.4 Å². The van der Waals surface area contributed by atoms with Crippen LogP contribution in [-0.4, -0.2) is 25.3 Å². The van der Waals surface area contributed by atoms with Crippen LogP contribution < -0.4 is 5.73 Å². The highest BCUT2D eigenvalue weighted by Gasteiger charge is 2.44. The van der Waals surface area contributed by atoms with Crippen LogP contribution in [0, 0.1) is 12.8 Å². The zero-order valence-corrected chi connectivity index (χ0v) is 12.1. The van der Waals surface area contributed by atoms with Crippen LogP contribution in [0.25, 0.3) is 0 Å². The van der Waals surface area contributed by atoms with Crippen molar-refractivity contribution in [1.29, 1.82) is 0 Å². The van der Waals surface area contributed by atoms with Gasteiger partial charge in [0.05, 0.1) is 0 Å². The van der Waals surface area contributed by atoms with Gasteiger partial charge in [0.15, 0.2) is 0 Å². The van der Waals surface area contributed by atoms with Gasteiger partial charge in [-0.2, -0.15) is 4.31 Å². The molecule has 2 aliphatic rings. The molecule has 4 nitrogen and oxygen atoms in total. The van der Waals surface area contributed by atoms with E-state index in [-0.39, 0.29) is 6.04 Å². The van der Waals surface area contributed by atoms with E-state index in [0.29, 0.717) is 23.2 Å². The molecule has 0 aromatic carbocycles. The van der Waals surface area contributed by atoms with Gasteiger partial charge in [-0.05, 0) is 43.7 Å². The smallest absolute Gasteiger partial charge is 0.252 e. The van der Waals surface area contributed by atoms with Crippen LogP contribution in [0.4, 0.5) is 0 Å². The van der Waals surface area contributed by atoms with Crippen LogP contribution in [0.15, 0.2) is 10.3 Å². The molecule has 1 aromatic rings. The van der Waals surface area contributed by atoms with Crippen molar-refractivity contribution in [3.05, 3.63) is 16.5 Å². The number of fused-ring (bicyclic) bond motifs is 2. The topological polar surface area (TPSA) is 63.4 Å². The largest absolute Gasteiger partial charge is 0.326 e. The highest BCUT2D eigenvalue weighted by molar-refractivity contribution is 7.91. The number of nitrogens with two attached hydrogens (primary N) is 1. The highest BCUT2D eigenvalue weighted by Crippen LogP contribution is 2.41. The van der Waals surface area contributed by atoms with Crippen molar-refractivity contribution in [2.24, 2.45) is 11.7 Å². The molecular weight excluding hydrogens is 268 g/mol. The number of nitrogens with zero attached hydrogens (tertiary/aromatic N) is 1. The van der Waals surface area contributed by atoms with Gasteiger partial charge in [0, 0.05) is 24.0 Å². The Labute approximate surface area is 112 Å². The molecule has 2 bridgehead atoms. The summed E-state index contributed by atoms with van der Waals surface area (Å²) >= 11 is 1.33. The van der Waals surface area contributed by atoms with E-state index in [2.05, 4.69) is 0 Å². The average Bonchev–Trinajstić information content (AvgIpc) is 3.02. The van der Waals surface area contributed by atoms with E-state index < -0.39 is 10.0 Å². The maximum absolute atomic E-state index is 12.6. The average molecular weight is 286 g/mol. The zero-order valence-electron chi connectivity index (χ0n) is 10.4. The number of hydrogen-bond donors (Lipinski definition) is 1. The van der Waals surface area contributed by atoms with Gasteiger partial charge >= 0.3 is 0 Å². The molecule has 0 radical (unpaired) electrons. The van der Waals surface area contributed by atoms with Crippen molar-refractivity contribution in [2.45, 2.75) is 43.0 Å². The Balaban J connectivity index is 1.94. The Bertz CT molecular complexity index is 565. The highest BCUT2D eigenvalue weighted by atomic mass is 32.2. The molecule has 0 amide bonds. The first-order valence-corrected chi connectivity index (χ1v) is 8.59. The van der Waals surface area contributed by atoms with E-state index in [4.69, 9.17) is 5.73 Å². The van der Waals surface area contributed by atoms with Gasteiger partial charge < -0.3 is 5.73 Å². The van der Waals surface area contributed by atoms with Crippen molar-refractivity contribution in [3.8, 4) is 0 Å². The van der Waals surface area contributed by atoms with Gasteiger partial charge in [-0.15, -0.1) is 11.3 Å². The van der Waals surface area contributed by atoms with Crippen LogP contribution in [0.1, 0.15) is 29.7 Å². The molecule has 100 valence electrons. The second kappa shape index (κ2) is 4.30. The van der Waals surface area contributed by atoms with E-state index in [1.165, 1.54) is 17.8 Å². The monoisotopic (exact) mass is 286 g/mol. The number of piperidine rings is 1. The van der Waals surface area contributed by atoms with E-state index in [9.17, 15) is 8.42 Å². The van der Waals surface area contributed by atoms with Crippen molar-refractivity contribution < 1.29 is 8.42 Å². The summed E-state index contributed by atoms with van der Waals surface area (Å²) in [6, 6.07) is 2.01. The van der Waals surface area contributed by atoms with Crippen molar-refractivity contribution in [1.82, 2.24) is 4.31 Å². The van der Waals surface area contributed by atoms with Crippen LogP contribution in [0.2, 0.25) is 0 Å². The maximum Gasteiger partial charge on any atom is 0.252 e. The molecule has 2 unspecified atom stereocenters. The summed E-state index contributed by atoms with van der Waals surface area (Å²) in [6.45, 7) is 3.05. The second-order valence-corrected chi connectivity index (χ2v) is 8.54. The predicted molar refractivity (Wildman–Crippen MR) is 72.0 cm³/mol. The quantitative estimate of drug-likeness (QED) is 0.919. The molecular formula is C12H18N2O2S2. The van der Waals surface area contributed by atoms with E-state index >= 15 is 0 Å². The number of rotatable bonds is 3. The van der Waals surface area contributed by atoms with Crippen LogP contribution in [-0.2, 0) is 16.6 Å². The summed E-state index contributed by atoms with van der Waals surface area (Å²) in [5.74, 6) is 0.583. The fourth-order valence-electron chi connectivity index (χ4n) is 3.11. The summed E-state index contributed by atoms with van der Waals surface area (Å²) in [5, 5.41) is 0. The summed E-state index contributed by atoms with van der Waals surface area (Å²) < 4.78 is 27.4. The van der Waals surface area contributed by atoms with Crippen molar-refractivity contribution in [3.63, 3.8) is 0 Å². The summed E-state index contributed by atoms with van der Waals surface area (Å²) in [4.78, 5) is 0.970. The number of aryl methyl sites for hydroxylation is 1. The molecule has 2 atom stereocenters. The van der Waals surface area contributed by atoms with Gasteiger partial charge in [-0.1, -0.05) is 0 Å². The molecule has 1 aliphatic carbocycles. The second-order valence-electron chi connectivity index (χ2n) is 5.28. The minimum atomic E-state index is -3.29. The predicted octanol–water partition coefficient (Wildman–Crippen LogP) is 1.69. The Morgan fingerprint density at radius 3 is 2.78 bits per heavy atom. The van der Waals surface area contributed by atoms with Gasteiger partial charge in [0.25, 0.3) is 10.0 Å². The Morgan fingerprint density at radius 1 is 1.50 bits per heavy atom. The van der Waals surface area contributed by atoms with E-state index in [1.807, 2.05) is 6.92 Å². The molecule has 2 heterocycles. The van der Waals surface area contributed by atoms with Gasteiger partial charge in [0.1, 0.15) is 4.21 Å². The Hall–Kier alpha value is -0.430. The third kappa shape index (κ3) is 1.82. The third-order valence-corrected chi connectivity index (χ3v) is 7.73. The maximum atomic E-state index is 12.6. The summed E-state index contributed by atoms with van der Waals surface area (Å²) in [6.07, 6.45) is 3.26. The SMILES string of the molecule is Cc1cc(S(=O)(=O)N2CC3CCC2C3)sc1CN. The minimum Gasteiger partial charge on any atom is -0.326 e. The fraction of sp³-hybridized carbons (Fsp3) is 0.667. The van der Waals surface area contributed by atoms with E-state index in [0.717, 1.165) is 23.3 Å². The van der Waals surface area contributed by atoms with Gasteiger partial charge in [-0.25, -0.2) is 8.42 Å².